The van der Waals surface area contributed by atoms with E-state index in [2.05, 4.69) is 64.4 Å². The number of piperazine rings is 1. The van der Waals surface area contributed by atoms with E-state index in [1.54, 1.807) is 0 Å². The summed E-state index contributed by atoms with van der Waals surface area (Å²) in [6.07, 6.45) is 0. The summed E-state index contributed by atoms with van der Waals surface area (Å²) in [4.78, 5) is 5.08. The van der Waals surface area contributed by atoms with Crippen molar-refractivity contribution in [2.24, 2.45) is 5.73 Å². The van der Waals surface area contributed by atoms with E-state index in [0.29, 0.717) is 6.54 Å². The molecule has 0 atom stereocenters. The molecule has 1 heterocycles. The van der Waals surface area contributed by atoms with Crippen LogP contribution in [0.25, 0.3) is 0 Å². The maximum atomic E-state index is 5.72. The smallest absolute Gasteiger partial charge is 0.0234 e. The van der Waals surface area contributed by atoms with Crippen molar-refractivity contribution in [1.29, 1.82) is 0 Å². The maximum Gasteiger partial charge on any atom is 0.0234 e. The van der Waals surface area contributed by atoms with Gasteiger partial charge in [-0.1, -0.05) is 54.6 Å². The normalized spacial score (nSPS) is 16.8. The molecular weight excluding hydrogens is 270 g/mol. The summed E-state index contributed by atoms with van der Waals surface area (Å²) >= 11 is 0. The van der Waals surface area contributed by atoms with E-state index in [-0.39, 0.29) is 0 Å². The molecule has 0 saturated carbocycles. The van der Waals surface area contributed by atoms with Gasteiger partial charge in [0, 0.05) is 45.8 Å². The molecule has 3 heteroatoms. The summed E-state index contributed by atoms with van der Waals surface area (Å²) in [6, 6.07) is 19.4. The van der Waals surface area contributed by atoms with Crippen LogP contribution in [0.1, 0.15) is 16.7 Å². The number of nitrogens with two attached hydrogens (primary N) is 1. The monoisotopic (exact) mass is 295 g/mol. The Kier molecular flexibility index (Phi) is 5.22. The number of nitrogens with zero attached hydrogens (tertiary/aromatic N) is 2. The second-order valence-corrected chi connectivity index (χ2v) is 6.06. The van der Waals surface area contributed by atoms with Crippen molar-refractivity contribution in [1.82, 2.24) is 9.80 Å². The largest absolute Gasteiger partial charge is 0.326 e. The topological polar surface area (TPSA) is 32.5 Å². The zero-order valence-electron chi connectivity index (χ0n) is 13.1. The van der Waals surface area contributed by atoms with Crippen LogP contribution in [0, 0.1) is 0 Å². The summed E-state index contributed by atoms with van der Waals surface area (Å²) in [5.74, 6) is 0. The first-order valence-corrected chi connectivity index (χ1v) is 8.10. The fourth-order valence-electron chi connectivity index (χ4n) is 3.06. The van der Waals surface area contributed by atoms with Gasteiger partial charge < -0.3 is 5.73 Å². The molecule has 1 aliphatic rings. The van der Waals surface area contributed by atoms with Crippen molar-refractivity contribution in [2.75, 3.05) is 26.2 Å². The number of benzene rings is 2. The molecule has 2 aromatic rings. The highest BCUT2D eigenvalue weighted by Crippen LogP contribution is 2.12. The van der Waals surface area contributed by atoms with Gasteiger partial charge in [-0.2, -0.15) is 0 Å². The minimum atomic E-state index is 0.624. The third kappa shape index (κ3) is 4.17. The molecule has 2 N–H and O–H groups in total. The Morgan fingerprint density at radius 2 is 1.23 bits per heavy atom. The molecule has 2 aromatic carbocycles. The zero-order chi connectivity index (χ0) is 15.2. The molecule has 3 rings (SSSR count). The highest BCUT2D eigenvalue weighted by molar-refractivity contribution is 5.23. The van der Waals surface area contributed by atoms with Crippen molar-refractivity contribution in [3.8, 4) is 0 Å². The van der Waals surface area contributed by atoms with Crippen LogP contribution >= 0.6 is 0 Å². The minimum Gasteiger partial charge on any atom is -0.326 e. The first kappa shape index (κ1) is 15.2. The zero-order valence-corrected chi connectivity index (χ0v) is 13.1. The molecule has 3 nitrogen and oxygen atoms in total. The van der Waals surface area contributed by atoms with E-state index in [4.69, 9.17) is 5.73 Å². The summed E-state index contributed by atoms with van der Waals surface area (Å²) in [6.45, 7) is 7.29. The molecule has 1 aliphatic heterocycles. The van der Waals surface area contributed by atoms with Crippen molar-refractivity contribution < 1.29 is 0 Å². The minimum absolute atomic E-state index is 0.624. The second-order valence-electron chi connectivity index (χ2n) is 6.06. The average molecular weight is 295 g/mol. The van der Waals surface area contributed by atoms with Crippen LogP contribution in [0.3, 0.4) is 0 Å². The second kappa shape index (κ2) is 7.54. The first-order valence-electron chi connectivity index (χ1n) is 8.10. The molecule has 0 unspecified atom stereocenters. The lowest BCUT2D eigenvalue weighted by Gasteiger charge is -2.34. The fourth-order valence-corrected chi connectivity index (χ4v) is 3.06. The molecule has 1 saturated heterocycles. The van der Waals surface area contributed by atoms with Crippen LogP contribution in [-0.2, 0) is 19.6 Å². The van der Waals surface area contributed by atoms with Gasteiger partial charge in [-0.25, -0.2) is 0 Å². The molecule has 0 bridgehead atoms. The van der Waals surface area contributed by atoms with E-state index in [9.17, 15) is 0 Å². The summed E-state index contributed by atoms with van der Waals surface area (Å²) < 4.78 is 0. The van der Waals surface area contributed by atoms with Gasteiger partial charge in [0.25, 0.3) is 0 Å². The Hall–Kier alpha value is -1.68. The Morgan fingerprint density at radius 3 is 1.86 bits per heavy atom. The quantitative estimate of drug-likeness (QED) is 0.920. The van der Waals surface area contributed by atoms with Gasteiger partial charge in [0.05, 0.1) is 0 Å². The van der Waals surface area contributed by atoms with Crippen LogP contribution in [-0.4, -0.2) is 36.0 Å². The highest BCUT2D eigenvalue weighted by atomic mass is 15.3. The lowest BCUT2D eigenvalue weighted by Crippen LogP contribution is -2.45. The number of hydrogen-bond donors (Lipinski definition) is 1. The molecule has 0 spiro atoms. The molecule has 0 radical (unpaired) electrons. The van der Waals surface area contributed by atoms with Crippen LogP contribution in [0.5, 0.6) is 0 Å². The lowest BCUT2D eigenvalue weighted by atomic mass is 10.1. The van der Waals surface area contributed by atoms with Gasteiger partial charge in [0.2, 0.25) is 0 Å². The molecule has 1 fully saturated rings. The third-order valence-corrected chi connectivity index (χ3v) is 4.35. The average Bonchev–Trinajstić information content (AvgIpc) is 2.58. The summed E-state index contributed by atoms with van der Waals surface area (Å²) in [5, 5.41) is 0. The van der Waals surface area contributed by atoms with Gasteiger partial charge in [0.15, 0.2) is 0 Å². The molecule has 22 heavy (non-hydrogen) atoms. The standard InChI is InChI=1S/C19H25N3/c20-14-18-7-4-8-19(13-18)16-22-11-9-21(10-12-22)15-17-5-2-1-3-6-17/h1-8,13H,9-12,14-16,20H2. The van der Waals surface area contributed by atoms with E-state index >= 15 is 0 Å². The molecule has 0 aromatic heterocycles. The molecule has 0 aliphatic carbocycles. The molecule has 0 amide bonds. The highest BCUT2D eigenvalue weighted by Gasteiger charge is 2.17. The molecular formula is C19H25N3. The van der Waals surface area contributed by atoms with Crippen LogP contribution in [0.15, 0.2) is 54.6 Å². The predicted molar refractivity (Wildman–Crippen MR) is 91.3 cm³/mol. The van der Waals surface area contributed by atoms with Gasteiger partial charge in [0.1, 0.15) is 0 Å². The van der Waals surface area contributed by atoms with E-state index in [1.807, 2.05) is 0 Å². The van der Waals surface area contributed by atoms with Gasteiger partial charge in [-0.05, 0) is 16.7 Å². The van der Waals surface area contributed by atoms with Gasteiger partial charge in [-0.3, -0.25) is 9.80 Å². The Labute approximate surface area is 133 Å². The van der Waals surface area contributed by atoms with Crippen LogP contribution in [0.2, 0.25) is 0 Å². The van der Waals surface area contributed by atoms with Crippen LogP contribution in [0.4, 0.5) is 0 Å². The summed E-state index contributed by atoms with van der Waals surface area (Å²) in [7, 11) is 0. The molecule has 116 valence electrons. The van der Waals surface area contributed by atoms with Crippen LogP contribution < -0.4 is 5.73 Å². The predicted octanol–water partition coefficient (Wildman–Crippen LogP) is 2.46. The van der Waals surface area contributed by atoms with Crippen molar-refractivity contribution >= 4 is 0 Å². The number of rotatable bonds is 5. The summed E-state index contributed by atoms with van der Waals surface area (Å²) in [5.41, 5.74) is 9.73. The van der Waals surface area contributed by atoms with Gasteiger partial charge >= 0.3 is 0 Å². The van der Waals surface area contributed by atoms with Crippen molar-refractivity contribution in [2.45, 2.75) is 19.6 Å². The Balaban J connectivity index is 1.49. The fraction of sp³-hybridized carbons (Fsp3) is 0.368. The number of hydrogen-bond acceptors (Lipinski definition) is 3. The van der Waals surface area contributed by atoms with E-state index in [1.165, 1.54) is 16.7 Å². The van der Waals surface area contributed by atoms with E-state index in [0.717, 1.165) is 39.3 Å². The third-order valence-electron chi connectivity index (χ3n) is 4.35. The Morgan fingerprint density at radius 1 is 0.682 bits per heavy atom. The Bertz CT molecular complexity index is 574. The van der Waals surface area contributed by atoms with Crippen molar-refractivity contribution in [3.63, 3.8) is 0 Å². The van der Waals surface area contributed by atoms with Crippen molar-refractivity contribution in [3.05, 3.63) is 71.3 Å². The SMILES string of the molecule is NCc1cccc(CN2CCN(Cc3ccccc3)CC2)c1. The maximum absolute atomic E-state index is 5.72. The van der Waals surface area contributed by atoms with Gasteiger partial charge in [-0.15, -0.1) is 0 Å². The lowest BCUT2D eigenvalue weighted by molar-refractivity contribution is 0.122. The first-order chi connectivity index (χ1) is 10.8. The van der Waals surface area contributed by atoms with E-state index < -0.39 is 0 Å².